The first-order valence-electron chi connectivity index (χ1n) is 17.4. The maximum Gasteiger partial charge on any atom is 0.248 e. The topological polar surface area (TPSA) is 167 Å². The highest BCUT2D eigenvalue weighted by molar-refractivity contribution is 9.10. The molecule has 0 aliphatic carbocycles. The van der Waals surface area contributed by atoms with Crippen LogP contribution in [0.15, 0.2) is 41.3 Å². The number of hydrogen-bond donors (Lipinski definition) is 3. The highest BCUT2D eigenvalue weighted by Crippen LogP contribution is 2.38. The Morgan fingerprint density at radius 1 is 1.04 bits per heavy atom. The van der Waals surface area contributed by atoms with E-state index < -0.39 is 18.2 Å². The third kappa shape index (κ3) is 7.88. The summed E-state index contributed by atoms with van der Waals surface area (Å²) in [5, 5.41) is 31.1. The number of hydrogen-bond acceptors (Lipinski definition) is 10. The van der Waals surface area contributed by atoms with Crippen LogP contribution in [0.4, 0.5) is 5.82 Å². The largest absolute Gasteiger partial charge is 0.390 e. The van der Waals surface area contributed by atoms with E-state index in [0.717, 1.165) is 24.9 Å². The molecule has 2 unspecified atom stereocenters. The summed E-state index contributed by atoms with van der Waals surface area (Å²) < 4.78 is 2.01. The molecule has 1 fully saturated rings. The van der Waals surface area contributed by atoms with Crippen molar-refractivity contribution in [3.63, 3.8) is 0 Å². The molecule has 2 amide bonds. The summed E-state index contributed by atoms with van der Waals surface area (Å²) in [6, 6.07) is 6.40. The van der Waals surface area contributed by atoms with Crippen molar-refractivity contribution < 1.29 is 24.6 Å². The van der Waals surface area contributed by atoms with Gasteiger partial charge in [0, 0.05) is 54.3 Å². The normalized spacial score (nSPS) is 23.7. The number of carbonyl (C=O) groups excluding carboxylic acids is 3. The van der Waals surface area contributed by atoms with Crippen LogP contribution in [0.2, 0.25) is 0 Å². The van der Waals surface area contributed by atoms with E-state index in [0.29, 0.717) is 76.2 Å². The van der Waals surface area contributed by atoms with Crippen LogP contribution >= 0.6 is 15.9 Å². The van der Waals surface area contributed by atoms with E-state index in [1.54, 1.807) is 42.4 Å². The Kier molecular flexibility index (Phi) is 10.7. The molecular formula is C37H45BrN8O5. The summed E-state index contributed by atoms with van der Waals surface area (Å²) in [7, 11) is 2.05. The van der Waals surface area contributed by atoms with Gasteiger partial charge in [-0.05, 0) is 92.0 Å². The molecule has 2 bridgehead atoms. The van der Waals surface area contributed by atoms with Gasteiger partial charge >= 0.3 is 0 Å². The maximum absolute atomic E-state index is 14.5. The lowest BCUT2D eigenvalue weighted by Gasteiger charge is -2.30. The lowest BCUT2D eigenvalue weighted by atomic mass is 9.87. The molecule has 13 nitrogen and oxygen atoms in total. The monoisotopic (exact) mass is 760 g/mol. The number of ketones is 1. The number of benzene rings is 1. The Hall–Kier alpha value is -4.11. The van der Waals surface area contributed by atoms with Crippen molar-refractivity contribution in [1.29, 1.82) is 0 Å². The van der Waals surface area contributed by atoms with Gasteiger partial charge in [0.05, 0.1) is 11.6 Å². The van der Waals surface area contributed by atoms with Crippen molar-refractivity contribution in [2.24, 2.45) is 5.41 Å². The Balaban J connectivity index is 1.46. The standard InChI is InChI=1S/C37H45BrN8O5/c1-21-10-11-30(38)41-35(21)42-36(51)28-15-37(4)19-44(5)12-8-6-7-9-29(48)34(50)27-14-24(25-16-39-23(3)40-17-25)13-26-32(22(2)47)43-46(33(26)27)18-31(49)45(28)20-37/h10-11,13-14,16-17,28-29,34,48,50H,6-9,12,15,18-20H2,1-5H3,(H,41,42,51)/t28-,29?,34?,37-/m0/s1. The van der Waals surface area contributed by atoms with Crippen molar-refractivity contribution in [3.05, 3.63) is 63.9 Å². The third-order valence-corrected chi connectivity index (χ3v) is 10.5. The average molecular weight is 762 g/mol. The fourth-order valence-corrected chi connectivity index (χ4v) is 7.80. The number of anilines is 1. The number of fused-ring (bicyclic) bond motifs is 2. The molecule has 270 valence electrons. The van der Waals surface area contributed by atoms with E-state index in [-0.39, 0.29) is 35.3 Å². The zero-order valence-electron chi connectivity index (χ0n) is 29.7. The van der Waals surface area contributed by atoms with E-state index in [2.05, 4.69) is 53.1 Å². The van der Waals surface area contributed by atoms with Crippen molar-refractivity contribution >= 4 is 50.2 Å². The minimum atomic E-state index is -1.34. The molecule has 2 aliphatic rings. The van der Waals surface area contributed by atoms with Crippen LogP contribution < -0.4 is 5.32 Å². The average Bonchev–Trinajstić information content (AvgIpc) is 3.63. The first-order valence-corrected chi connectivity index (χ1v) is 18.1. The molecule has 0 spiro atoms. The Bertz CT molecular complexity index is 1970. The lowest BCUT2D eigenvalue weighted by molar-refractivity contribution is -0.137. The number of carbonyl (C=O) groups is 3. The SMILES string of the molecule is CC(=O)c1nn2c3c(cc(-c4cnc(C)nc4)cc13)C(O)C(O)CCCCCN(C)C[C@]1(C)C[C@@H](C(=O)Nc3nc(Br)ccc3C)N(C1)C(=O)C2. The van der Waals surface area contributed by atoms with E-state index in [1.165, 1.54) is 11.6 Å². The fraction of sp³-hybridized carbons (Fsp3) is 0.486. The molecule has 14 heteroatoms. The zero-order chi connectivity index (χ0) is 36.6. The molecule has 51 heavy (non-hydrogen) atoms. The van der Waals surface area contributed by atoms with Crippen molar-refractivity contribution in [3.8, 4) is 11.1 Å². The van der Waals surface area contributed by atoms with Gasteiger partial charge in [-0.3, -0.25) is 19.1 Å². The second kappa shape index (κ2) is 14.9. The summed E-state index contributed by atoms with van der Waals surface area (Å²) in [6.45, 7) is 8.67. The molecule has 2 aliphatic heterocycles. The van der Waals surface area contributed by atoms with Gasteiger partial charge < -0.3 is 25.3 Å². The molecule has 6 rings (SSSR count). The fourth-order valence-electron chi connectivity index (χ4n) is 7.49. The van der Waals surface area contributed by atoms with Crippen molar-refractivity contribution in [1.82, 2.24) is 34.5 Å². The molecular weight excluding hydrogens is 716 g/mol. The number of amides is 2. The number of nitrogens with zero attached hydrogens (tertiary/aromatic N) is 7. The smallest absolute Gasteiger partial charge is 0.248 e. The number of pyridine rings is 1. The third-order valence-electron chi connectivity index (χ3n) is 10.0. The van der Waals surface area contributed by atoms with Crippen molar-refractivity contribution in [2.45, 2.75) is 84.6 Å². The summed E-state index contributed by atoms with van der Waals surface area (Å²) in [4.78, 5) is 58.5. The first-order chi connectivity index (χ1) is 24.2. The molecule has 4 aromatic rings. The van der Waals surface area contributed by atoms with Gasteiger partial charge in [0.1, 0.15) is 40.6 Å². The molecule has 1 saturated heterocycles. The predicted molar refractivity (Wildman–Crippen MR) is 196 cm³/mol. The highest BCUT2D eigenvalue weighted by Gasteiger charge is 2.47. The van der Waals surface area contributed by atoms with Gasteiger partial charge in [-0.2, -0.15) is 5.10 Å². The maximum atomic E-state index is 14.5. The molecule has 1 aromatic carbocycles. The number of Topliss-reactive ketones (excluding diaryl/α,β-unsaturated/α-hetero) is 1. The predicted octanol–water partition coefficient (Wildman–Crippen LogP) is 4.62. The summed E-state index contributed by atoms with van der Waals surface area (Å²) in [6.07, 6.45) is 4.13. The Morgan fingerprint density at radius 2 is 1.78 bits per heavy atom. The number of aliphatic hydroxyl groups is 2. The van der Waals surface area contributed by atoms with Gasteiger partial charge in [-0.25, -0.2) is 15.0 Å². The lowest BCUT2D eigenvalue weighted by Crippen LogP contribution is -2.45. The van der Waals surface area contributed by atoms with Gasteiger partial charge in [0.25, 0.3) is 0 Å². The molecule has 0 radical (unpaired) electrons. The van der Waals surface area contributed by atoms with Crippen LogP contribution in [0.25, 0.3) is 22.0 Å². The summed E-state index contributed by atoms with van der Waals surface area (Å²) >= 11 is 3.38. The van der Waals surface area contributed by atoms with Crippen LogP contribution in [-0.4, -0.2) is 101 Å². The van der Waals surface area contributed by atoms with Gasteiger partial charge in [0.15, 0.2) is 5.78 Å². The number of nitrogens with one attached hydrogen (secondary N) is 1. The van der Waals surface area contributed by atoms with Crippen LogP contribution in [0.1, 0.15) is 79.5 Å². The van der Waals surface area contributed by atoms with Crippen LogP contribution in [0.3, 0.4) is 0 Å². The van der Waals surface area contributed by atoms with Gasteiger partial charge in [0.2, 0.25) is 11.8 Å². The van der Waals surface area contributed by atoms with E-state index in [1.807, 2.05) is 20.0 Å². The minimum absolute atomic E-state index is 0.128. The van der Waals surface area contributed by atoms with E-state index in [4.69, 9.17) is 0 Å². The summed E-state index contributed by atoms with van der Waals surface area (Å²) in [5.41, 5.74) is 2.53. The number of aryl methyl sites for hydroxylation is 2. The van der Waals surface area contributed by atoms with Gasteiger partial charge in [-0.15, -0.1) is 0 Å². The van der Waals surface area contributed by atoms with Crippen LogP contribution in [-0.2, 0) is 16.1 Å². The van der Waals surface area contributed by atoms with E-state index in [9.17, 15) is 24.6 Å². The van der Waals surface area contributed by atoms with E-state index >= 15 is 0 Å². The quantitative estimate of drug-likeness (QED) is 0.197. The summed E-state index contributed by atoms with van der Waals surface area (Å²) in [5.74, 6) is -0.0110. The molecule has 4 atom stereocenters. The Labute approximate surface area is 305 Å². The molecule has 5 heterocycles. The second-order valence-electron chi connectivity index (χ2n) is 14.5. The van der Waals surface area contributed by atoms with Gasteiger partial charge in [-0.1, -0.05) is 25.8 Å². The van der Waals surface area contributed by atoms with Crippen LogP contribution in [0.5, 0.6) is 0 Å². The number of rotatable bonds is 4. The van der Waals surface area contributed by atoms with Crippen LogP contribution in [0, 0.1) is 19.3 Å². The first kappa shape index (κ1) is 36.7. The Morgan fingerprint density at radius 3 is 2.51 bits per heavy atom. The second-order valence-corrected chi connectivity index (χ2v) is 15.3. The molecule has 3 N–H and O–H groups in total. The molecule has 0 saturated carbocycles. The minimum Gasteiger partial charge on any atom is -0.390 e. The zero-order valence-corrected chi connectivity index (χ0v) is 31.3. The molecule has 3 aromatic heterocycles. The van der Waals surface area contributed by atoms with Crippen molar-refractivity contribution in [2.75, 3.05) is 32.0 Å². The number of aliphatic hydroxyl groups excluding tert-OH is 2. The number of aromatic nitrogens is 5. The highest BCUT2D eigenvalue weighted by atomic mass is 79.9. The number of halogens is 1.